The molecular formula is C24H24ClNO2. The fraction of sp³-hybridized carbons (Fsp3) is 0.333. The maximum absolute atomic E-state index is 13.5. The van der Waals surface area contributed by atoms with Gasteiger partial charge in [0.1, 0.15) is 5.78 Å². The summed E-state index contributed by atoms with van der Waals surface area (Å²) in [6.45, 7) is 0. The number of H-pyrrole nitrogens is 1. The molecule has 2 aromatic carbocycles. The van der Waals surface area contributed by atoms with Crippen molar-refractivity contribution in [3.63, 3.8) is 0 Å². The van der Waals surface area contributed by atoms with Crippen LogP contribution in [0.25, 0.3) is 10.8 Å². The lowest BCUT2D eigenvalue weighted by atomic mass is 9.66. The first kappa shape index (κ1) is 18.9. The summed E-state index contributed by atoms with van der Waals surface area (Å²) in [4.78, 5) is 28.2. The Kier molecular flexibility index (Phi) is 5.36. The summed E-state index contributed by atoms with van der Waals surface area (Å²) in [7, 11) is 0. The predicted molar refractivity (Wildman–Crippen MR) is 114 cm³/mol. The number of nitrogens with one attached hydrogen (secondary N) is 1. The van der Waals surface area contributed by atoms with Crippen molar-refractivity contribution in [2.45, 2.75) is 44.9 Å². The van der Waals surface area contributed by atoms with Crippen LogP contribution < -0.4 is 5.56 Å². The highest BCUT2D eigenvalue weighted by atomic mass is 35.5. The highest BCUT2D eigenvalue weighted by molar-refractivity contribution is 6.32. The van der Waals surface area contributed by atoms with Crippen LogP contribution in [0.5, 0.6) is 0 Å². The number of hydrogen-bond acceptors (Lipinski definition) is 2. The highest BCUT2D eigenvalue weighted by Gasteiger charge is 2.39. The van der Waals surface area contributed by atoms with Gasteiger partial charge in [-0.15, -0.1) is 0 Å². The predicted octanol–water partition coefficient (Wildman–Crippen LogP) is 5.49. The van der Waals surface area contributed by atoms with E-state index < -0.39 is 0 Å². The SMILES string of the molecule is O=C(Cc1cc2cc[nH]c(=O)c2cc1Cl)C1(Cc2ccccc2)CCCCC1. The van der Waals surface area contributed by atoms with Crippen LogP contribution >= 0.6 is 11.6 Å². The first-order valence-corrected chi connectivity index (χ1v) is 10.3. The number of carbonyl (C=O) groups is 1. The van der Waals surface area contributed by atoms with Crippen molar-refractivity contribution in [2.75, 3.05) is 0 Å². The Hall–Kier alpha value is -2.39. The number of ketones is 1. The summed E-state index contributed by atoms with van der Waals surface area (Å²) < 4.78 is 0. The van der Waals surface area contributed by atoms with Crippen molar-refractivity contribution < 1.29 is 4.79 Å². The minimum atomic E-state index is -0.313. The molecule has 1 aliphatic carbocycles. The van der Waals surface area contributed by atoms with Crippen molar-refractivity contribution in [3.8, 4) is 0 Å². The van der Waals surface area contributed by atoms with Gasteiger partial charge in [-0.2, -0.15) is 0 Å². The van der Waals surface area contributed by atoms with E-state index in [9.17, 15) is 9.59 Å². The van der Waals surface area contributed by atoms with Gasteiger partial charge < -0.3 is 4.98 Å². The lowest BCUT2D eigenvalue weighted by Crippen LogP contribution is -2.37. The van der Waals surface area contributed by atoms with E-state index in [1.165, 1.54) is 12.0 Å². The first-order valence-electron chi connectivity index (χ1n) is 9.94. The minimum Gasteiger partial charge on any atom is -0.329 e. The third-order valence-corrected chi connectivity index (χ3v) is 6.43. The van der Waals surface area contributed by atoms with E-state index in [1.54, 1.807) is 12.3 Å². The number of pyridine rings is 1. The van der Waals surface area contributed by atoms with Crippen LogP contribution in [0, 0.1) is 5.41 Å². The van der Waals surface area contributed by atoms with Crippen LogP contribution in [-0.2, 0) is 17.6 Å². The van der Waals surface area contributed by atoms with E-state index in [-0.39, 0.29) is 16.8 Å². The molecule has 4 rings (SSSR count). The van der Waals surface area contributed by atoms with E-state index >= 15 is 0 Å². The number of Topliss-reactive ketones (excluding diaryl/α,β-unsaturated/α-hetero) is 1. The highest BCUT2D eigenvalue weighted by Crippen LogP contribution is 2.41. The number of aromatic nitrogens is 1. The summed E-state index contributed by atoms with van der Waals surface area (Å²) in [6, 6.07) is 15.7. The zero-order chi connectivity index (χ0) is 19.6. The molecule has 4 heteroatoms. The molecule has 1 fully saturated rings. The molecule has 1 N–H and O–H groups in total. The molecule has 1 saturated carbocycles. The molecule has 0 atom stereocenters. The van der Waals surface area contributed by atoms with E-state index in [4.69, 9.17) is 11.6 Å². The van der Waals surface area contributed by atoms with Crippen LogP contribution in [0.2, 0.25) is 5.02 Å². The third kappa shape index (κ3) is 3.77. The number of fused-ring (bicyclic) bond motifs is 1. The molecule has 3 nitrogen and oxygen atoms in total. The molecule has 0 bridgehead atoms. The summed E-state index contributed by atoms with van der Waals surface area (Å²) in [5, 5.41) is 1.86. The largest absolute Gasteiger partial charge is 0.329 e. The summed E-state index contributed by atoms with van der Waals surface area (Å²) in [6.07, 6.45) is 7.99. The zero-order valence-corrected chi connectivity index (χ0v) is 16.6. The molecule has 0 saturated heterocycles. The fourth-order valence-electron chi connectivity index (χ4n) is 4.52. The lowest BCUT2D eigenvalue weighted by Gasteiger charge is -2.36. The normalized spacial score (nSPS) is 16.2. The number of aromatic amines is 1. The second-order valence-electron chi connectivity index (χ2n) is 7.94. The zero-order valence-electron chi connectivity index (χ0n) is 15.8. The van der Waals surface area contributed by atoms with Crippen LogP contribution in [0.4, 0.5) is 0 Å². The Bertz CT molecular complexity index is 1050. The number of rotatable bonds is 5. The molecule has 0 spiro atoms. The van der Waals surface area contributed by atoms with Gasteiger partial charge in [0.15, 0.2) is 0 Å². The topological polar surface area (TPSA) is 49.9 Å². The van der Waals surface area contributed by atoms with Gasteiger partial charge in [0.25, 0.3) is 5.56 Å². The standard InChI is InChI=1S/C24H24ClNO2/c25-21-15-20-18(9-12-26-23(20)28)13-19(21)14-22(27)24(10-5-2-6-11-24)16-17-7-3-1-4-8-17/h1,3-4,7-9,12-13,15H,2,5-6,10-11,14,16H2,(H,26,28). The lowest BCUT2D eigenvalue weighted by molar-refractivity contribution is -0.130. The average Bonchev–Trinajstić information content (AvgIpc) is 2.71. The Balaban J connectivity index is 1.65. The third-order valence-electron chi connectivity index (χ3n) is 6.08. The number of carbonyl (C=O) groups excluding carboxylic acids is 1. The van der Waals surface area contributed by atoms with Crippen molar-refractivity contribution in [1.82, 2.24) is 4.98 Å². The Morgan fingerprint density at radius 3 is 2.54 bits per heavy atom. The Morgan fingerprint density at radius 2 is 1.79 bits per heavy atom. The van der Waals surface area contributed by atoms with Gasteiger partial charge in [-0.25, -0.2) is 0 Å². The van der Waals surface area contributed by atoms with Crippen LogP contribution in [0.1, 0.15) is 43.2 Å². The van der Waals surface area contributed by atoms with E-state index in [1.807, 2.05) is 30.3 Å². The van der Waals surface area contributed by atoms with Crippen LogP contribution in [0.15, 0.2) is 59.5 Å². The molecule has 0 radical (unpaired) electrons. The summed E-state index contributed by atoms with van der Waals surface area (Å²) in [5.41, 5.74) is 1.55. The fourth-order valence-corrected chi connectivity index (χ4v) is 4.75. The maximum Gasteiger partial charge on any atom is 0.255 e. The Morgan fingerprint density at radius 1 is 1.04 bits per heavy atom. The smallest absolute Gasteiger partial charge is 0.255 e. The van der Waals surface area contributed by atoms with Gasteiger partial charge in [0, 0.05) is 28.4 Å². The molecule has 1 heterocycles. The molecule has 28 heavy (non-hydrogen) atoms. The molecular weight excluding hydrogens is 370 g/mol. The second kappa shape index (κ2) is 7.92. The van der Waals surface area contributed by atoms with E-state index in [2.05, 4.69) is 17.1 Å². The molecule has 3 aromatic rings. The minimum absolute atomic E-state index is 0.162. The van der Waals surface area contributed by atoms with Crippen molar-refractivity contribution in [1.29, 1.82) is 0 Å². The molecule has 0 unspecified atom stereocenters. The average molecular weight is 394 g/mol. The van der Waals surface area contributed by atoms with Gasteiger partial charge in [0.05, 0.1) is 0 Å². The number of halogens is 1. The van der Waals surface area contributed by atoms with Gasteiger partial charge in [-0.1, -0.05) is 61.2 Å². The van der Waals surface area contributed by atoms with E-state index in [0.29, 0.717) is 16.8 Å². The Labute approximate surface area is 169 Å². The number of benzene rings is 2. The van der Waals surface area contributed by atoms with Gasteiger partial charge >= 0.3 is 0 Å². The number of hydrogen-bond donors (Lipinski definition) is 1. The van der Waals surface area contributed by atoms with Crippen molar-refractivity contribution in [2.24, 2.45) is 5.41 Å². The quantitative estimate of drug-likeness (QED) is 0.623. The second-order valence-corrected chi connectivity index (χ2v) is 8.35. The van der Waals surface area contributed by atoms with Crippen molar-refractivity contribution in [3.05, 3.63) is 81.2 Å². The maximum atomic E-state index is 13.5. The van der Waals surface area contributed by atoms with Gasteiger partial charge in [0.2, 0.25) is 0 Å². The van der Waals surface area contributed by atoms with Crippen LogP contribution in [-0.4, -0.2) is 10.8 Å². The molecule has 144 valence electrons. The van der Waals surface area contributed by atoms with Crippen LogP contribution in [0.3, 0.4) is 0 Å². The van der Waals surface area contributed by atoms with Crippen molar-refractivity contribution >= 4 is 28.2 Å². The first-order chi connectivity index (χ1) is 13.6. The monoisotopic (exact) mass is 393 g/mol. The molecule has 1 aromatic heterocycles. The molecule has 0 aliphatic heterocycles. The summed E-state index contributed by atoms with van der Waals surface area (Å²) >= 11 is 6.46. The van der Waals surface area contributed by atoms with E-state index in [0.717, 1.165) is 43.1 Å². The summed E-state index contributed by atoms with van der Waals surface area (Å²) in [5.74, 6) is 0.266. The van der Waals surface area contributed by atoms with Gasteiger partial charge in [-0.3, -0.25) is 9.59 Å². The molecule has 0 amide bonds. The van der Waals surface area contributed by atoms with Gasteiger partial charge in [-0.05, 0) is 54.0 Å². The molecule has 1 aliphatic rings.